The first-order chi connectivity index (χ1) is 15.2. The van der Waals surface area contributed by atoms with Crippen molar-refractivity contribution in [1.29, 1.82) is 0 Å². The van der Waals surface area contributed by atoms with Gasteiger partial charge in [0.05, 0.1) is 6.10 Å². The number of rotatable bonds is 8. The SMILES string of the molecule is CC(CO)C(O)/C=C/CN=[N+]=[N-].c1ccc(P(c2ccccc2)c2ccccc2)cc1. The molecule has 31 heavy (non-hydrogen) atoms. The Morgan fingerprint density at radius 3 is 1.65 bits per heavy atom. The second-order valence-corrected chi connectivity index (χ2v) is 9.05. The highest BCUT2D eigenvalue weighted by Gasteiger charge is 2.15. The van der Waals surface area contributed by atoms with E-state index in [1.807, 2.05) is 0 Å². The van der Waals surface area contributed by atoms with Gasteiger partial charge in [-0.25, -0.2) is 0 Å². The van der Waals surface area contributed by atoms with Crippen molar-refractivity contribution >= 4 is 23.8 Å². The fraction of sp³-hybridized carbons (Fsp3) is 0.200. The second kappa shape index (κ2) is 14.1. The summed E-state index contributed by atoms with van der Waals surface area (Å²) in [7, 11) is -0.446. The van der Waals surface area contributed by atoms with E-state index in [9.17, 15) is 5.11 Å². The smallest absolute Gasteiger partial charge is 0.0768 e. The predicted octanol–water partition coefficient (Wildman–Crippen LogP) is 4.29. The molecular weight excluding hydrogens is 405 g/mol. The van der Waals surface area contributed by atoms with Crippen LogP contribution >= 0.6 is 7.92 Å². The average molecular weight is 433 g/mol. The first-order valence-corrected chi connectivity index (χ1v) is 11.4. The van der Waals surface area contributed by atoms with Crippen molar-refractivity contribution in [3.05, 3.63) is 114 Å². The summed E-state index contributed by atoms with van der Waals surface area (Å²) in [6.45, 7) is 1.89. The minimum Gasteiger partial charge on any atom is -0.396 e. The topological polar surface area (TPSA) is 89.2 Å². The van der Waals surface area contributed by atoms with Crippen molar-refractivity contribution in [2.24, 2.45) is 11.0 Å². The summed E-state index contributed by atoms with van der Waals surface area (Å²) < 4.78 is 0. The zero-order valence-corrected chi connectivity index (χ0v) is 18.5. The van der Waals surface area contributed by atoms with Crippen molar-refractivity contribution in [1.82, 2.24) is 0 Å². The van der Waals surface area contributed by atoms with Gasteiger partial charge in [-0.05, 0) is 29.4 Å². The van der Waals surface area contributed by atoms with E-state index < -0.39 is 14.0 Å². The van der Waals surface area contributed by atoms with Gasteiger partial charge in [0.25, 0.3) is 0 Å². The molecule has 3 rings (SSSR count). The van der Waals surface area contributed by atoms with Crippen LogP contribution < -0.4 is 15.9 Å². The summed E-state index contributed by atoms with van der Waals surface area (Å²) in [5, 5.41) is 25.3. The summed E-state index contributed by atoms with van der Waals surface area (Å²) in [4.78, 5) is 2.54. The second-order valence-electron chi connectivity index (χ2n) is 6.83. The molecule has 0 aromatic heterocycles. The third-order valence-corrected chi connectivity index (χ3v) is 6.94. The summed E-state index contributed by atoms with van der Waals surface area (Å²) in [5.41, 5.74) is 7.91. The Morgan fingerprint density at radius 2 is 1.29 bits per heavy atom. The van der Waals surface area contributed by atoms with Crippen LogP contribution in [0.25, 0.3) is 10.4 Å². The molecule has 0 saturated carbocycles. The lowest BCUT2D eigenvalue weighted by Crippen LogP contribution is -2.20. The largest absolute Gasteiger partial charge is 0.396 e. The van der Waals surface area contributed by atoms with Gasteiger partial charge in [0, 0.05) is 24.0 Å². The molecule has 2 atom stereocenters. The van der Waals surface area contributed by atoms with E-state index >= 15 is 0 Å². The molecule has 0 aliphatic carbocycles. The van der Waals surface area contributed by atoms with Crippen LogP contribution in [-0.2, 0) is 0 Å². The molecular formula is C25H28N3O2P. The third kappa shape index (κ3) is 8.37. The molecule has 3 aromatic carbocycles. The molecule has 0 aliphatic heterocycles. The fourth-order valence-electron chi connectivity index (χ4n) is 2.76. The molecule has 0 spiro atoms. The normalized spacial score (nSPS) is 12.5. The molecule has 0 amide bonds. The molecule has 5 nitrogen and oxygen atoms in total. The Hall–Kier alpha value is -2.94. The molecule has 0 bridgehead atoms. The maximum Gasteiger partial charge on any atom is 0.0768 e. The lowest BCUT2D eigenvalue weighted by Gasteiger charge is -2.18. The Kier molecular flexibility index (Phi) is 11.1. The highest BCUT2D eigenvalue weighted by Crippen LogP contribution is 2.32. The maximum atomic E-state index is 9.24. The average Bonchev–Trinajstić information content (AvgIpc) is 2.84. The Bertz CT molecular complexity index is 852. The quantitative estimate of drug-likeness (QED) is 0.182. The third-order valence-electron chi connectivity index (χ3n) is 4.50. The van der Waals surface area contributed by atoms with Gasteiger partial charge in [0.1, 0.15) is 0 Å². The van der Waals surface area contributed by atoms with Gasteiger partial charge in [0.2, 0.25) is 0 Å². The molecule has 160 valence electrons. The van der Waals surface area contributed by atoms with Crippen LogP contribution in [0.3, 0.4) is 0 Å². The van der Waals surface area contributed by atoms with Crippen LogP contribution in [0.1, 0.15) is 6.92 Å². The summed E-state index contributed by atoms with van der Waals surface area (Å²) in [6, 6.07) is 32.3. The van der Waals surface area contributed by atoms with E-state index in [2.05, 4.69) is 101 Å². The van der Waals surface area contributed by atoms with Crippen molar-refractivity contribution in [2.45, 2.75) is 13.0 Å². The van der Waals surface area contributed by atoms with Gasteiger partial charge in [-0.3, -0.25) is 0 Å². The van der Waals surface area contributed by atoms with Crippen LogP contribution in [0.5, 0.6) is 0 Å². The van der Waals surface area contributed by atoms with E-state index in [0.717, 1.165) is 0 Å². The van der Waals surface area contributed by atoms with Gasteiger partial charge >= 0.3 is 0 Å². The zero-order valence-electron chi connectivity index (χ0n) is 17.6. The van der Waals surface area contributed by atoms with Crippen molar-refractivity contribution in [3.8, 4) is 0 Å². The highest BCUT2D eigenvalue weighted by atomic mass is 31.1. The fourth-order valence-corrected chi connectivity index (χ4v) is 5.07. The number of hydrogen-bond donors (Lipinski definition) is 2. The first-order valence-electron chi connectivity index (χ1n) is 10.1. The van der Waals surface area contributed by atoms with Crippen LogP contribution in [0.2, 0.25) is 0 Å². The van der Waals surface area contributed by atoms with E-state index in [4.69, 9.17) is 10.6 Å². The van der Waals surface area contributed by atoms with Crippen LogP contribution in [-0.4, -0.2) is 29.5 Å². The van der Waals surface area contributed by atoms with Gasteiger partial charge in [-0.1, -0.05) is 115 Å². The van der Waals surface area contributed by atoms with E-state index in [0.29, 0.717) is 0 Å². The number of hydrogen-bond acceptors (Lipinski definition) is 3. The van der Waals surface area contributed by atoms with Gasteiger partial charge in [-0.2, -0.15) is 0 Å². The van der Waals surface area contributed by atoms with Crippen molar-refractivity contribution in [2.75, 3.05) is 13.2 Å². The Balaban J connectivity index is 0.000000248. The van der Waals surface area contributed by atoms with Crippen LogP contribution in [0.15, 0.2) is 108 Å². The number of aliphatic hydroxyl groups excluding tert-OH is 2. The van der Waals surface area contributed by atoms with Crippen molar-refractivity contribution in [3.63, 3.8) is 0 Å². The minimum atomic E-state index is -0.677. The first kappa shape index (κ1) is 24.3. The van der Waals surface area contributed by atoms with Crippen LogP contribution in [0.4, 0.5) is 0 Å². The molecule has 3 aromatic rings. The lowest BCUT2D eigenvalue weighted by atomic mass is 10.1. The number of benzene rings is 3. The Morgan fingerprint density at radius 1 is 0.871 bits per heavy atom. The molecule has 0 heterocycles. The van der Waals surface area contributed by atoms with Crippen LogP contribution in [0, 0.1) is 5.92 Å². The standard InChI is InChI=1S/C18H15P.C7H13N3O2/c1-4-10-16(11-5-1)19(17-12-6-2-7-13-17)18-14-8-3-9-15-18;1-6(5-11)7(12)3-2-4-9-10-8/h1-15H;2-3,6-7,11-12H,4-5H2,1H3/b;3-2+. The molecule has 2 N–H and O–H groups in total. The summed E-state index contributed by atoms with van der Waals surface area (Å²) >= 11 is 0. The lowest BCUT2D eigenvalue weighted by molar-refractivity contribution is 0.111. The monoisotopic (exact) mass is 433 g/mol. The summed E-state index contributed by atoms with van der Waals surface area (Å²) in [5.74, 6) is -0.188. The van der Waals surface area contributed by atoms with E-state index in [-0.39, 0.29) is 19.1 Å². The number of azide groups is 1. The van der Waals surface area contributed by atoms with E-state index in [1.54, 1.807) is 13.0 Å². The number of nitrogens with zero attached hydrogens (tertiary/aromatic N) is 3. The van der Waals surface area contributed by atoms with Gasteiger partial charge in [0.15, 0.2) is 0 Å². The van der Waals surface area contributed by atoms with Gasteiger partial charge in [-0.15, -0.1) is 0 Å². The summed E-state index contributed by atoms with van der Waals surface area (Å²) in [6.07, 6.45) is 2.40. The molecule has 0 radical (unpaired) electrons. The molecule has 0 fully saturated rings. The van der Waals surface area contributed by atoms with Gasteiger partial charge < -0.3 is 10.2 Å². The minimum absolute atomic E-state index is 0.0625. The van der Waals surface area contributed by atoms with Crippen molar-refractivity contribution < 1.29 is 10.2 Å². The Labute approximate surface area is 185 Å². The molecule has 0 saturated heterocycles. The number of aliphatic hydroxyl groups is 2. The molecule has 2 unspecified atom stereocenters. The highest BCUT2D eigenvalue weighted by molar-refractivity contribution is 7.79. The maximum absolute atomic E-state index is 9.24. The molecule has 0 aliphatic rings. The van der Waals surface area contributed by atoms with E-state index in [1.165, 1.54) is 22.0 Å². The molecule has 6 heteroatoms. The predicted molar refractivity (Wildman–Crippen MR) is 131 cm³/mol. The zero-order chi connectivity index (χ0) is 22.3.